The first-order valence-corrected chi connectivity index (χ1v) is 4.06. The van der Waals surface area contributed by atoms with Crippen LogP contribution < -0.4 is 5.73 Å². The SMILES string of the molecule is NC1(c2cccc(CF)n2)CC1. The van der Waals surface area contributed by atoms with Crippen LogP contribution in [0.2, 0.25) is 0 Å². The summed E-state index contributed by atoms with van der Waals surface area (Å²) in [6.07, 6.45) is 1.94. The first-order chi connectivity index (χ1) is 5.74. The summed E-state index contributed by atoms with van der Waals surface area (Å²) >= 11 is 0. The van der Waals surface area contributed by atoms with Crippen LogP contribution in [0.4, 0.5) is 4.39 Å². The molecule has 0 amide bonds. The quantitative estimate of drug-likeness (QED) is 0.723. The van der Waals surface area contributed by atoms with Crippen molar-refractivity contribution in [2.24, 2.45) is 5.73 Å². The van der Waals surface area contributed by atoms with Gasteiger partial charge in [0.05, 0.1) is 16.9 Å². The maximum absolute atomic E-state index is 12.2. The van der Waals surface area contributed by atoms with Gasteiger partial charge in [-0.1, -0.05) is 6.07 Å². The van der Waals surface area contributed by atoms with Gasteiger partial charge in [-0.05, 0) is 25.0 Å². The van der Waals surface area contributed by atoms with Crippen molar-refractivity contribution < 1.29 is 4.39 Å². The molecule has 0 aliphatic heterocycles. The lowest BCUT2D eigenvalue weighted by molar-refractivity contribution is 0.473. The van der Waals surface area contributed by atoms with Crippen molar-refractivity contribution >= 4 is 0 Å². The predicted octanol–water partition coefficient (Wildman–Crippen LogP) is 1.50. The summed E-state index contributed by atoms with van der Waals surface area (Å²) in [4.78, 5) is 4.12. The fourth-order valence-electron chi connectivity index (χ4n) is 1.22. The third kappa shape index (κ3) is 1.20. The molecule has 3 heteroatoms. The molecule has 0 atom stereocenters. The molecule has 64 valence electrons. The van der Waals surface area contributed by atoms with Gasteiger partial charge in [0.25, 0.3) is 0 Å². The Morgan fingerprint density at radius 1 is 1.50 bits per heavy atom. The number of aromatic nitrogens is 1. The molecule has 1 heterocycles. The van der Waals surface area contributed by atoms with Crippen molar-refractivity contribution in [2.75, 3.05) is 0 Å². The summed E-state index contributed by atoms with van der Waals surface area (Å²) in [6.45, 7) is -0.510. The standard InChI is InChI=1S/C9H11FN2/c10-6-7-2-1-3-8(12-7)9(11)4-5-9/h1-3H,4-6,11H2. The fraction of sp³-hybridized carbons (Fsp3) is 0.444. The second-order valence-electron chi connectivity index (χ2n) is 3.30. The molecule has 1 aliphatic carbocycles. The number of hydrogen-bond acceptors (Lipinski definition) is 2. The van der Waals surface area contributed by atoms with E-state index in [-0.39, 0.29) is 5.54 Å². The zero-order valence-corrected chi connectivity index (χ0v) is 6.76. The van der Waals surface area contributed by atoms with Gasteiger partial charge in [0.15, 0.2) is 0 Å². The largest absolute Gasteiger partial charge is 0.320 e. The average molecular weight is 166 g/mol. The number of pyridine rings is 1. The number of halogens is 1. The molecule has 0 spiro atoms. The lowest BCUT2D eigenvalue weighted by Gasteiger charge is -2.07. The minimum absolute atomic E-state index is 0.245. The van der Waals surface area contributed by atoms with Gasteiger partial charge in [0, 0.05) is 0 Å². The van der Waals surface area contributed by atoms with Gasteiger partial charge >= 0.3 is 0 Å². The average Bonchev–Trinajstić information content (AvgIpc) is 2.85. The van der Waals surface area contributed by atoms with E-state index in [9.17, 15) is 4.39 Å². The lowest BCUT2D eigenvalue weighted by Crippen LogP contribution is -2.20. The van der Waals surface area contributed by atoms with Crippen LogP contribution in [0.25, 0.3) is 0 Å². The monoisotopic (exact) mass is 166 g/mol. The molecule has 0 bridgehead atoms. The van der Waals surface area contributed by atoms with Gasteiger partial charge in [0.2, 0.25) is 0 Å². The first-order valence-electron chi connectivity index (χ1n) is 4.06. The number of nitrogens with two attached hydrogens (primary N) is 1. The number of nitrogens with zero attached hydrogens (tertiary/aromatic N) is 1. The van der Waals surface area contributed by atoms with Crippen LogP contribution in [0.15, 0.2) is 18.2 Å². The van der Waals surface area contributed by atoms with Crippen LogP contribution in [0.5, 0.6) is 0 Å². The first kappa shape index (κ1) is 7.68. The van der Waals surface area contributed by atoms with E-state index in [1.54, 1.807) is 6.07 Å². The molecule has 1 aromatic rings. The lowest BCUT2D eigenvalue weighted by atomic mass is 10.1. The third-order valence-corrected chi connectivity index (χ3v) is 2.24. The Hall–Kier alpha value is -0.960. The van der Waals surface area contributed by atoms with Crippen LogP contribution in [0, 0.1) is 0 Å². The van der Waals surface area contributed by atoms with Crippen molar-refractivity contribution in [2.45, 2.75) is 25.1 Å². The number of rotatable bonds is 2. The molecular formula is C9H11FN2. The van der Waals surface area contributed by atoms with Gasteiger partial charge in [-0.25, -0.2) is 4.39 Å². The van der Waals surface area contributed by atoms with Gasteiger partial charge in [-0.15, -0.1) is 0 Å². The molecule has 1 aliphatic rings. The van der Waals surface area contributed by atoms with Crippen molar-refractivity contribution in [3.63, 3.8) is 0 Å². The van der Waals surface area contributed by atoms with E-state index >= 15 is 0 Å². The maximum atomic E-state index is 12.2. The summed E-state index contributed by atoms with van der Waals surface area (Å²) in [7, 11) is 0. The Bertz CT molecular complexity index is 294. The Morgan fingerprint density at radius 2 is 2.25 bits per heavy atom. The molecule has 0 saturated heterocycles. The summed E-state index contributed by atoms with van der Waals surface area (Å²) in [5.41, 5.74) is 6.97. The van der Waals surface area contributed by atoms with E-state index in [4.69, 9.17) is 5.73 Å². The second kappa shape index (κ2) is 2.52. The summed E-state index contributed by atoms with van der Waals surface area (Å²) < 4.78 is 12.2. The van der Waals surface area contributed by atoms with Crippen molar-refractivity contribution in [1.29, 1.82) is 0 Å². The van der Waals surface area contributed by atoms with Gasteiger partial charge in [-0.3, -0.25) is 4.98 Å². The fourth-order valence-corrected chi connectivity index (χ4v) is 1.22. The van der Waals surface area contributed by atoms with Gasteiger partial charge < -0.3 is 5.73 Å². The highest BCUT2D eigenvalue weighted by atomic mass is 19.1. The van der Waals surface area contributed by atoms with Crippen LogP contribution in [0.1, 0.15) is 24.2 Å². The van der Waals surface area contributed by atoms with Crippen molar-refractivity contribution in [3.05, 3.63) is 29.6 Å². The van der Waals surface area contributed by atoms with Gasteiger partial charge in [-0.2, -0.15) is 0 Å². The van der Waals surface area contributed by atoms with Crippen LogP contribution >= 0.6 is 0 Å². The Labute approximate surface area is 70.6 Å². The van der Waals surface area contributed by atoms with Crippen LogP contribution in [-0.4, -0.2) is 4.98 Å². The zero-order valence-electron chi connectivity index (χ0n) is 6.76. The third-order valence-electron chi connectivity index (χ3n) is 2.24. The van der Waals surface area contributed by atoms with E-state index in [0.717, 1.165) is 18.5 Å². The molecule has 2 rings (SSSR count). The predicted molar refractivity (Wildman–Crippen MR) is 44.1 cm³/mol. The van der Waals surface area contributed by atoms with E-state index in [0.29, 0.717) is 5.69 Å². The second-order valence-corrected chi connectivity index (χ2v) is 3.30. The Morgan fingerprint density at radius 3 is 2.83 bits per heavy atom. The molecule has 2 nitrogen and oxygen atoms in total. The highest BCUT2D eigenvalue weighted by molar-refractivity contribution is 5.23. The molecule has 1 saturated carbocycles. The Kier molecular flexibility index (Phi) is 1.61. The maximum Gasteiger partial charge on any atom is 0.131 e. The molecule has 1 fully saturated rings. The number of hydrogen-bond donors (Lipinski definition) is 1. The Balaban J connectivity index is 2.32. The van der Waals surface area contributed by atoms with Crippen molar-refractivity contribution in [3.8, 4) is 0 Å². The molecule has 12 heavy (non-hydrogen) atoms. The smallest absolute Gasteiger partial charge is 0.131 e. The summed E-state index contributed by atoms with van der Waals surface area (Å²) in [5.74, 6) is 0. The van der Waals surface area contributed by atoms with Crippen LogP contribution in [0.3, 0.4) is 0 Å². The minimum Gasteiger partial charge on any atom is -0.320 e. The minimum atomic E-state index is -0.510. The van der Waals surface area contributed by atoms with E-state index < -0.39 is 6.67 Å². The van der Waals surface area contributed by atoms with Gasteiger partial charge in [0.1, 0.15) is 6.67 Å². The molecule has 2 N–H and O–H groups in total. The molecule has 1 aromatic heterocycles. The molecule has 0 aromatic carbocycles. The van der Waals surface area contributed by atoms with E-state index in [1.165, 1.54) is 0 Å². The van der Waals surface area contributed by atoms with E-state index in [1.807, 2.05) is 12.1 Å². The topological polar surface area (TPSA) is 38.9 Å². The van der Waals surface area contributed by atoms with Crippen LogP contribution in [-0.2, 0) is 12.2 Å². The molecule has 0 radical (unpaired) electrons. The van der Waals surface area contributed by atoms with E-state index in [2.05, 4.69) is 4.98 Å². The summed E-state index contributed by atoms with van der Waals surface area (Å²) in [5, 5.41) is 0. The number of alkyl halides is 1. The highest BCUT2D eigenvalue weighted by Crippen LogP contribution is 2.41. The highest BCUT2D eigenvalue weighted by Gasteiger charge is 2.41. The normalized spacial score (nSPS) is 19.2. The zero-order chi connectivity index (χ0) is 8.60. The molecule has 0 unspecified atom stereocenters. The summed E-state index contributed by atoms with van der Waals surface area (Å²) in [6, 6.07) is 5.35. The molecular weight excluding hydrogens is 155 g/mol. The van der Waals surface area contributed by atoms with Crippen molar-refractivity contribution in [1.82, 2.24) is 4.98 Å².